The summed E-state index contributed by atoms with van der Waals surface area (Å²) in [6.45, 7) is 2.20. The van der Waals surface area contributed by atoms with Crippen LogP contribution in [0.2, 0.25) is 0 Å². The quantitative estimate of drug-likeness (QED) is 0.0550. The molecule has 0 aromatic rings. The second-order valence-corrected chi connectivity index (χ2v) is 11.5. The first-order chi connectivity index (χ1) is 20.7. The van der Waals surface area contributed by atoms with Gasteiger partial charge in [0.1, 0.15) is 0 Å². The highest BCUT2D eigenvalue weighted by Crippen LogP contribution is 2.64. The van der Waals surface area contributed by atoms with Gasteiger partial charge in [-0.15, -0.1) is 0 Å². The number of carbonyl (C=O) groups excluding carboxylic acids is 1. The number of rotatable bonds is 24. The number of amides is 1. The van der Waals surface area contributed by atoms with Crippen molar-refractivity contribution in [2.75, 3.05) is 13.1 Å². The summed E-state index contributed by atoms with van der Waals surface area (Å²) in [7, 11) is 0. The van der Waals surface area contributed by atoms with Crippen LogP contribution in [-0.2, 0) is 4.79 Å². The van der Waals surface area contributed by atoms with Crippen LogP contribution in [0.5, 0.6) is 0 Å². The van der Waals surface area contributed by atoms with E-state index in [2.05, 4.69) is 11.6 Å². The number of hydrogen-bond acceptors (Lipinski definition) is 1. The fraction of sp³-hybridized carbons (Fsp3) is 0.963. The first-order valence-corrected chi connectivity index (χ1v) is 15.1. The van der Waals surface area contributed by atoms with Gasteiger partial charge in [0.2, 0.25) is 0 Å². The van der Waals surface area contributed by atoms with Gasteiger partial charge in [0.25, 0.3) is 5.91 Å². The van der Waals surface area contributed by atoms with Crippen LogP contribution in [-0.4, -0.2) is 70.7 Å². The van der Waals surface area contributed by atoms with Crippen molar-refractivity contribution in [3.05, 3.63) is 0 Å². The van der Waals surface area contributed by atoms with E-state index in [0.717, 1.165) is 38.5 Å². The molecule has 0 bridgehead atoms. The van der Waals surface area contributed by atoms with Gasteiger partial charge < -0.3 is 4.90 Å². The van der Waals surface area contributed by atoms with Crippen molar-refractivity contribution < 1.29 is 75.0 Å². The van der Waals surface area contributed by atoms with E-state index in [0.29, 0.717) is 25.7 Å². The fourth-order valence-electron chi connectivity index (χ4n) is 4.33. The molecule has 0 saturated heterocycles. The Balaban J connectivity index is 6.32. The molecular formula is C27H38ClF16NO. The van der Waals surface area contributed by atoms with Crippen molar-refractivity contribution in [3.8, 4) is 0 Å². The minimum atomic E-state index is -8.59. The molecule has 0 spiro atoms. The second kappa shape index (κ2) is 16.8. The van der Waals surface area contributed by atoms with Crippen LogP contribution >= 0.6 is 11.6 Å². The summed E-state index contributed by atoms with van der Waals surface area (Å²) >= 11 is 3.54. The van der Waals surface area contributed by atoms with Gasteiger partial charge in [-0.3, -0.25) is 4.79 Å². The molecule has 19 heteroatoms. The van der Waals surface area contributed by atoms with Gasteiger partial charge in [-0.1, -0.05) is 90.9 Å². The molecular weight excluding hydrogens is 694 g/mol. The molecule has 0 unspecified atom stereocenters. The van der Waals surface area contributed by atoms with E-state index in [-0.39, 0.29) is 30.6 Å². The molecule has 0 aliphatic rings. The molecule has 0 saturated carbocycles. The Hall–Kier alpha value is -1.36. The van der Waals surface area contributed by atoms with Gasteiger partial charge in [0.05, 0.1) is 0 Å². The molecule has 1 amide bonds. The average molecular weight is 732 g/mol. The maximum atomic E-state index is 14.7. The van der Waals surface area contributed by atoms with Crippen molar-refractivity contribution in [1.29, 1.82) is 0 Å². The van der Waals surface area contributed by atoms with Crippen molar-refractivity contribution in [1.82, 2.24) is 4.90 Å². The average Bonchev–Trinajstić information content (AvgIpc) is 2.93. The zero-order chi connectivity index (χ0) is 36.5. The number of alkyl halides is 17. The van der Waals surface area contributed by atoms with E-state index in [4.69, 9.17) is 0 Å². The molecule has 0 heterocycles. The van der Waals surface area contributed by atoms with Crippen LogP contribution in [0.3, 0.4) is 0 Å². The Kier molecular flexibility index (Phi) is 16.3. The molecule has 2 nitrogen and oxygen atoms in total. The highest BCUT2D eigenvalue weighted by atomic mass is 35.5. The third-order valence-corrected chi connectivity index (χ3v) is 7.58. The first-order valence-electron chi connectivity index (χ1n) is 14.7. The number of hydrogen-bond donors (Lipinski definition) is 0. The Labute approximate surface area is 261 Å². The highest BCUT2D eigenvalue weighted by Gasteiger charge is 2.95. The molecule has 0 rings (SSSR count). The summed E-state index contributed by atoms with van der Waals surface area (Å²) < 4.78 is 222. The summed E-state index contributed by atoms with van der Waals surface area (Å²) in [4.78, 5) is 12.4. The van der Waals surface area contributed by atoms with Gasteiger partial charge in [0, 0.05) is 13.1 Å². The fourth-order valence-corrected chi connectivity index (χ4v) is 4.45. The molecule has 0 atom stereocenters. The number of unbranched alkanes of at least 4 members (excludes halogenated alkanes) is 12. The molecule has 46 heavy (non-hydrogen) atoms. The van der Waals surface area contributed by atoms with E-state index < -0.39 is 65.8 Å². The largest absolute Gasteiger partial charge is 0.393 e. The minimum Gasteiger partial charge on any atom is -0.337 e. The maximum Gasteiger partial charge on any atom is 0.393 e. The summed E-state index contributed by atoms with van der Waals surface area (Å²) in [5.74, 6) is -59.9. The predicted molar refractivity (Wildman–Crippen MR) is 138 cm³/mol. The van der Waals surface area contributed by atoms with Crippen LogP contribution in [0.25, 0.3) is 0 Å². The highest BCUT2D eigenvalue weighted by molar-refractivity contribution is 6.22. The molecule has 0 N–H and O–H groups in total. The maximum absolute atomic E-state index is 14.7. The van der Waals surface area contributed by atoms with Crippen LogP contribution in [0, 0.1) is 0 Å². The SMILES string of the molecule is CCCCCCCCCN(CCCCCCCCC)C(=O)C(F)(F)C(F)(F)C(F)(F)C(F)(F)C(F)(F)C(F)(F)C(F)(F)C(F)(F)Cl. The lowest BCUT2D eigenvalue weighted by Gasteiger charge is -2.43. The molecule has 0 aromatic heterocycles. The molecule has 0 aliphatic carbocycles. The number of halogens is 17. The summed E-state index contributed by atoms with van der Waals surface area (Å²) in [5.41, 5.74) is 0. The van der Waals surface area contributed by atoms with Crippen molar-refractivity contribution in [2.24, 2.45) is 0 Å². The van der Waals surface area contributed by atoms with Crippen molar-refractivity contribution >= 4 is 17.5 Å². The molecule has 0 aliphatic heterocycles. The zero-order valence-corrected chi connectivity index (χ0v) is 25.9. The lowest BCUT2D eigenvalue weighted by Crippen LogP contribution is -2.75. The third-order valence-electron chi connectivity index (χ3n) is 7.34. The van der Waals surface area contributed by atoms with E-state index in [1.807, 2.05) is 13.8 Å². The Bertz CT molecular complexity index is 906. The van der Waals surface area contributed by atoms with Gasteiger partial charge in [-0.25, -0.2) is 0 Å². The molecule has 0 radical (unpaired) electrons. The van der Waals surface area contributed by atoms with E-state index >= 15 is 0 Å². The second-order valence-electron chi connectivity index (χ2n) is 11.1. The normalized spacial score (nSPS) is 14.6. The smallest absolute Gasteiger partial charge is 0.337 e. The van der Waals surface area contributed by atoms with Crippen molar-refractivity contribution in [2.45, 2.75) is 151 Å². The topological polar surface area (TPSA) is 20.3 Å². The third kappa shape index (κ3) is 9.20. The number of nitrogens with zero attached hydrogens (tertiary/aromatic N) is 1. The van der Waals surface area contributed by atoms with Crippen LogP contribution in [0.4, 0.5) is 70.2 Å². The van der Waals surface area contributed by atoms with Gasteiger partial charge in [-0.2, -0.15) is 70.2 Å². The molecule has 0 aromatic carbocycles. The Morgan fingerprint density at radius 2 is 0.696 bits per heavy atom. The molecule has 276 valence electrons. The van der Waals surface area contributed by atoms with Gasteiger partial charge in [-0.05, 0) is 24.4 Å². The first kappa shape index (κ1) is 44.6. The molecule has 0 fully saturated rings. The minimum absolute atomic E-state index is 0.0881. The Morgan fingerprint density at radius 3 is 1.00 bits per heavy atom. The zero-order valence-electron chi connectivity index (χ0n) is 25.1. The lowest BCUT2D eigenvalue weighted by atomic mass is 9.88. The summed E-state index contributed by atoms with van der Waals surface area (Å²) in [6, 6.07) is 0. The van der Waals surface area contributed by atoms with E-state index in [1.54, 1.807) is 0 Å². The van der Waals surface area contributed by atoms with Crippen LogP contribution in [0.15, 0.2) is 0 Å². The van der Waals surface area contributed by atoms with Crippen LogP contribution < -0.4 is 0 Å². The van der Waals surface area contributed by atoms with E-state index in [9.17, 15) is 75.0 Å². The summed E-state index contributed by atoms with van der Waals surface area (Å²) in [5, 5.41) is -6.85. The van der Waals surface area contributed by atoms with E-state index in [1.165, 1.54) is 0 Å². The predicted octanol–water partition coefficient (Wildman–Crippen LogP) is 11.6. The van der Waals surface area contributed by atoms with Crippen LogP contribution in [0.1, 0.15) is 104 Å². The van der Waals surface area contributed by atoms with Gasteiger partial charge in [0.15, 0.2) is 0 Å². The monoisotopic (exact) mass is 731 g/mol. The van der Waals surface area contributed by atoms with Gasteiger partial charge >= 0.3 is 46.8 Å². The standard InChI is InChI=1S/C27H38ClF16NO/c1-3-5-7-9-11-13-15-17-45(18-16-14-12-10-8-6-4-2)19(46)20(29,30)21(31,32)22(33,34)23(35,36)24(37,38)25(39,40)26(41,42)27(28,43)44/h3-18H2,1-2H3. The lowest BCUT2D eigenvalue weighted by molar-refractivity contribution is -0.446. The summed E-state index contributed by atoms with van der Waals surface area (Å²) in [6.07, 6.45) is 7.23. The number of carbonyl (C=O) groups is 1. The Morgan fingerprint density at radius 1 is 0.435 bits per heavy atom. The van der Waals surface area contributed by atoms with Crippen molar-refractivity contribution in [3.63, 3.8) is 0 Å².